The summed E-state index contributed by atoms with van der Waals surface area (Å²) in [5.74, 6) is -2.75. The summed E-state index contributed by atoms with van der Waals surface area (Å²) in [4.78, 5) is 42.0. The number of aliphatic carboxylic acids is 1. The molecule has 15 heteroatoms. The number of ether oxygens (including phenoxy) is 1. The fourth-order valence-corrected chi connectivity index (χ4v) is 4.68. The molecule has 2 aromatic heterocycles. The Morgan fingerprint density at radius 1 is 1.07 bits per heavy atom. The first kappa shape index (κ1) is 33.8. The molecular weight excluding hydrogens is 614 g/mol. The molecule has 0 bridgehead atoms. The second kappa shape index (κ2) is 14.7. The summed E-state index contributed by atoms with van der Waals surface area (Å²) in [6.45, 7) is 6.72. The highest BCUT2D eigenvalue weighted by Gasteiger charge is 2.38. The van der Waals surface area contributed by atoms with Crippen molar-refractivity contribution in [3.63, 3.8) is 0 Å². The lowest BCUT2D eigenvalue weighted by atomic mass is 10.1. The van der Waals surface area contributed by atoms with Gasteiger partial charge in [-0.05, 0) is 32.0 Å². The third-order valence-electron chi connectivity index (χ3n) is 6.42. The van der Waals surface area contributed by atoms with Gasteiger partial charge in [0.1, 0.15) is 12.2 Å². The van der Waals surface area contributed by atoms with Gasteiger partial charge in [0.25, 0.3) is 5.56 Å². The number of hydrogen-bond donors (Lipinski definition) is 2. The van der Waals surface area contributed by atoms with Crippen LogP contribution in [-0.4, -0.2) is 75.0 Å². The van der Waals surface area contributed by atoms with E-state index in [0.717, 1.165) is 10.9 Å². The van der Waals surface area contributed by atoms with Crippen molar-refractivity contribution in [3.05, 3.63) is 63.0 Å². The fraction of sp³-hybridized carbons (Fsp3) is 0.357. The van der Waals surface area contributed by atoms with Crippen LogP contribution in [0.5, 0.6) is 0 Å². The van der Waals surface area contributed by atoms with Crippen LogP contribution >= 0.6 is 23.2 Å². The SMILES string of the molecule is CCN(CC)C(=O)Cn1cc(-c2nc3cc(Cl)c(Cl)cc3n(CCOCCN)c2=O)c2ccccc21.O=C(O)C(F)(F)F. The topological polar surface area (TPSA) is 133 Å². The zero-order valence-electron chi connectivity index (χ0n) is 23.3. The van der Waals surface area contributed by atoms with E-state index in [1.807, 2.05) is 48.9 Å². The highest BCUT2D eigenvalue weighted by Crippen LogP contribution is 2.31. The van der Waals surface area contributed by atoms with Gasteiger partial charge in [0, 0.05) is 48.8 Å². The summed E-state index contributed by atoms with van der Waals surface area (Å²) in [6.07, 6.45) is -3.26. The quantitative estimate of drug-likeness (QED) is 0.237. The summed E-state index contributed by atoms with van der Waals surface area (Å²) in [5.41, 5.74) is 8.11. The number of hydrogen-bond acceptors (Lipinski definition) is 6. The van der Waals surface area contributed by atoms with Gasteiger partial charge in [-0.25, -0.2) is 9.78 Å². The summed E-state index contributed by atoms with van der Waals surface area (Å²) < 4.78 is 40.8. The maximum atomic E-state index is 13.8. The molecule has 2 aromatic carbocycles. The summed E-state index contributed by atoms with van der Waals surface area (Å²) >= 11 is 12.6. The molecule has 3 N–H and O–H groups in total. The van der Waals surface area contributed by atoms with Gasteiger partial charge in [-0.2, -0.15) is 13.2 Å². The van der Waals surface area contributed by atoms with E-state index < -0.39 is 12.1 Å². The van der Waals surface area contributed by atoms with E-state index in [-0.39, 0.29) is 23.7 Å². The molecule has 0 atom stereocenters. The molecule has 0 saturated heterocycles. The molecule has 4 aromatic rings. The molecule has 43 heavy (non-hydrogen) atoms. The smallest absolute Gasteiger partial charge is 0.475 e. The van der Waals surface area contributed by atoms with Gasteiger partial charge in [-0.1, -0.05) is 41.4 Å². The number of alkyl halides is 3. The average Bonchev–Trinajstić information content (AvgIpc) is 3.31. The lowest BCUT2D eigenvalue weighted by Gasteiger charge is -2.19. The van der Waals surface area contributed by atoms with Gasteiger partial charge in [0.05, 0.1) is 34.3 Å². The second-order valence-electron chi connectivity index (χ2n) is 9.13. The molecule has 0 unspecified atom stereocenters. The van der Waals surface area contributed by atoms with Gasteiger partial charge >= 0.3 is 12.1 Å². The number of carbonyl (C=O) groups is 2. The van der Waals surface area contributed by atoms with Crippen LogP contribution in [0.2, 0.25) is 10.0 Å². The van der Waals surface area contributed by atoms with Crippen LogP contribution in [0.15, 0.2) is 47.4 Å². The monoisotopic (exact) mass is 643 g/mol. The maximum Gasteiger partial charge on any atom is 0.490 e. The minimum absolute atomic E-state index is 0.00895. The van der Waals surface area contributed by atoms with Crippen molar-refractivity contribution in [3.8, 4) is 11.3 Å². The highest BCUT2D eigenvalue weighted by molar-refractivity contribution is 6.42. The highest BCUT2D eigenvalue weighted by atomic mass is 35.5. The Balaban J connectivity index is 0.000000646. The maximum absolute atomic E-state index is 13.8. The number of benzene rings is 2. The van der Waals surface area contributed by atoms with E-state index in [1.54, 1.807) is 21.6 Å². The molecule has 0 aliphatic rings. The molecule has 0 aliphatic carbocycles. The normalized spacial score (nSPS) is 11.4. The number of likely N-dealkylation sites (N-methyl/N-ethyl adjacent to an activating group) is 1. The largest absolute Gasteiger partial charge is 0.490 e. The number of fused-ring (bicyclic) bond motifs is 2. The number of aromatic nitrogens is 3. The Morgan fingerprint density at radius 3 is 2.30 bits per heavy atom. The van der Waals surface area contributed by atoms with Crippen molar-refractivity contribution in [1.29, 1.82) is 0 Å². The van der Waals surface area contributed by atoms with Crippen molar-refractivity contribution >= 4 is 57.0 Å². The number of amides is 1. The number of carboxylic acids is 1. The number of nitrogens with zero attached hydrogens (tertiary/aromatic N) is 4. The van der Waals surface area contributed by atoms with Crippen LogP contribution in [0.3, 0.4) is 0 Å². The zero-order chi connectivity index (χ0) is 31.9. The summed E-state index contributed by atoms with van der Waals surface area (Å²) in [7, 11) is 0. The second-order valence-corrected chi connectivity index (χ2v) is 9.94. The molecule has 0 fully saturated rings. The van der Waals surface area contributed by atoms with E-state index in [0.29, 0.717) is 66.0 Å². The Morgan fingerprint density at radius 2 is 1.70 bits per heavy atom. The first-order valence-corrected chi connectivity index (χ1v) is 13.9. The number of para-hydroxylation sites is 1. The lowest BCUT2D eigenvalue weighted by Crippen LogP contribution is -2.33. The van der Waals surface area contributed by atoms with E-state index in [4.69, 9.17) is 48.6 Å². The predicted octanol–water partition coefficient (Wildman–Crippen LogP) is 4.80. The number of carbonyl (C=O) groups excluding carboxylic acids is 1. The predicted molar refractivity (Wildman–Crippen MR) is 158 cm³/mol. The minimum atomic E-state index is -5.08. The van der Waals surface area contributed by atoms with Gasteiger partial charge < -0.3 is 29.6 Å². The Labute approximate surface area is 254 Å². The van der Waals surface area contributed by atoms with Crippen molar-refractivity contribution in [2.24, 2.45) is 5.73 Å². The van der Waals surface area contributed by atoms with Gasteiger partial charge in [0.15, 0.2) is 0 Å². The number of carboxylic acid groups (broad SMARTS) is 1. The van der Waals surface area contributed by atoms with Crippen LogP contribution in [-0.2, 0) is 27.4 Å². The number of nitrogens with two attached hydrogens (primary N) is 1. The van der Waals surface area contributed by atoms with E-state index in [1.165, 1.54) is 0 Å². The van der Waals surface area contributed by atoms with Gasteiger partial charge in [0.2, 0.25) is 5.91 Å². The summed E-state index contributed by atoms with van der Waals surface area (Å²) in [6, 6.07) is 11.0. The van der Waals surface area contributed by atoms with Crippen molar-refractivity contribution in [2.75, 3.05) is 32.8 Å². The van der Waals surface area contributed by atoms with Crippen LogP contribution in [0.25, 0.3) is 33.2 Å². The van der Waals surface area contributed by atoms with Gasteiger partial charge in [-0.15, -0.1) is 0 Å². The average molecular weight is 644 g/mol. The molecule has 2 heterocycles. The lowest BCUT2D eigenvalue weighted by molar-refractivity contribution is -0.192. The Bertz CT molecular complexity index is 1670. The minimum Gasteiger partial charge on any atom is -0.475 e. The molecule has 232 valence electrons. The zero-order valence-corrected chi connectivity index (χ0v) is 24.8. The molecule has 4 rings (SSSR count). The molecular formula is C28H30Cl2F3N5O5. The molecule has 0 saturated carbocycles. The van der Waals surface area contributed by atoms with Gasteiger partial charge in [-0.3, -0.25) is 9.59 Å². The summed E-state index contributed by atoms with van der Waals surface area (Å²) in [5, 5.41) is 8.64. The third kappa shape index (κ3) is 8.05. The van der Waals surface area contributed by atoms with Crippen molar-refractivity contribution in [2.45, 2.75) is 33.1 Å². The van der Waals surface area contributed by atoms with Crippen LogP contribution in [0.4, 0.5) is 13.2 Å². The molecule has 0 spiro atoms. The van der Waals surface area contributed by atoms with E-state index in [2.05, 4.69) is 0 Å². The third-order valence-corrected chi connectivity index (χ3v) is 7.14. The molecule has 1 amide bonds. The van der Waals surface area contributed by atoms with Crippen LogP contribution in [0, 0.1) is 0 Å². The Hall–Kier alpha value is -3.65. The van der Waals surface area contributed by atoms with Crippen LogP contribution < -0.4 is 11.3 Å². The first-order valence-electron chi connectivity index (χ1n) is 13.2. The van der Waals surface area contributed by atoms with Crippen molar-refractivity contribution < 1.29 is 32.6 Å². The number of halogens is 5. The van der Waals surface area contributed by atoms with E-state index in [9.17, 15) is 22.8 Å². The molecule has 10 nitrogen and oxygen atoms in total. The van der Waals surface area contributed by atoms with E-state index >= 15 is 0 Å². The molecule has 0 radical (unpaired) electrons. The van der Waals surface area contributed by atoms with Crippen molar-refractivity contribution in [1.82, 2.24) is 19.0 Å². The Kier molecular flexibility index (Phi) is 11.6. The number of rotatable bonds is 10. The fourth-order valence-electron chi connectivity index (χ4n) is 4.36. The first-order chi connectivity index (χ1) is 20.3. The molecule has 0 aliphatic heterocycles. The standard InChI is InChI=1S/C26H29Cl2N5O3.C2HF3O2/c1-3-31(4-2)24(34)16-32-15-18(17-7-5-6-8-22(17)32)25-26(35)33(10-12-36-11-9-29)23-14-20(28)19(27)13-21(23)30-25;3-2(4,5)1(6)7/h5-8,13-15H,3-4,9-12,16,29H2,1-2H3;(H,6,7). The van der Waals surface area contributed by atoms with Crippen LogP contribution in [0.1, 0.15) is 13.8 Å².